The van der Waals surface area contributed by atoms with E-state index in [4.69, 9.17) is 5.11 Å². The van der Waals surface area contributed by atoms with Gasteiger partial charge in [0.1, 0.15) is 20.3 Å². The van der Waals surface area contributed by atoms with Crippen molar-refractivity contribution in [3.8, 4) is 0 Å². The average molecular weight is 214 g/mol. The van der Waals surface area contributed by atoms with Crippen molar-refractivity contribution in [3.63, 3.8) is 0 Å². The SMILES string of the molecule is C=CC(=O)N[N+]1(C)CC(C)N(CO)C1=O. The third-order valence-corrected chi connectivity index (χ3v) is 2.52. The lowest BCUT2D eigenvalue weighted by Gasteiger charge is -2.24. The highest BCUT2D eigenvalue weighted by atomic mass is 16.3. The Bertz CT molecular complexity index is 305. The number of likely N-dealkylation sites (N-methyl/N-ethyl adjacent to an activating group) is 1. The Kier molecular flexibility index (Phi) is 3.11. The Labute approximate surface area is 88.3 Å². The standard InChI is InChI=1S/C9H15N3O3/c1-4-8(14)10-12(3)5-7(2)11(6-13)9(12)15/h4,7,13H,1,5-6H2,2-3H3/p+1. The van der Waals surface area contributed by atoms with Crippen molar-refractivity contribution >= 4 is 11.9 Å². The molecule has 1 aliphatic rings. The molecule has 0 bridgehead atoms. The first-order valence-electron chi connectivity index (χ1n) is 4.67. The maximum Gasteiger partial charge on any atom is 0.445 e. The van der Waals surface area contributed by atoms with Gasteiger partial charge in [0, 0.05) is 6.08 Å². The van der Waals surface area contributed by atoms with Crippen LogP contribution in [-0.2, 0) is 4.79 Å². The third-order valence-electron chi connectivity index (χ3n) is 2.52. The minimum atomic E-state index is -0.405. The highest BCUT2D eigenvalue weighted by Crippen LogP contribution is 2.19. The fourth-order valence-electron chi connectivity index (χ4n) is 1.76. The van der Waals surface area contributed by atoms with E-state index in [9.17, 15) is 9.59 Å². The zero-order valence-corrected chi connectivity index (χ0v) is 8.93. The largest absolute Gasteiger partial charge is 0.445 e. The summed E-state index contributed by atoms with van der Waals surface area (Å²) in [6, 6.07) is -0.419. The van der Waals surface area contributed by atoms with Crippen LogP contribution in [0.3, 0.4) is 0 Å². The zero-order chi connectivity index (χ0) is 11.6. The van der Waals surface area contributed by atoms with Gasteiger partial charge in [-0.05, 0) is 6.92 Å². The molecular formula is C9H16N3O3+. The molecule has 0 saturated carbocycles. The molecule has 6 heteroatoms. The van der Waals surface area contributed by atoms with Crippen molar-refractivity contribution in [1.29, 1.82) is 0 Å². The molecule has 84 valence electrons. The van der Waals surface area contributed by atoms with Crippen molar-refractivity contribution in [1.82, 2.24) is 10.3 Å². The maximum atomic E-state index is 11.8. The molecule has 3 amide bonds. The van der Waals surface area contributed by atoms with E-state index < -0.39 is 5.91 Å². The predicted octanol–water partition coefficient (Wildman–Crippen LogP) is -0.576. The number of rotatable bonds is 3. The topological polar surface area (TPSA) is 69.6 Å². The summed E-state index contributed by atoms with van der Waals surface area (Å²) in [6.45, 7) is 5.23. The van der Waals surface area contributed by atoms with Crippen LogP contribution in [0.15, 0.2) is 12.7 Å². The summed E-state index contributed by atoms with van der Waals surface area (Å²) in [5.74, 6) is -0.405. The lowest BCUT2D eigenvalue weighted by atomic mass is 10.3. The number of aliphatic hydroxyl groups excluding tert-OH is 1. The van der Waals surface area contributed by atoms with Crippen LogP contribution in [0.2, 0.25) is 0 Å². The van der Waals surface area contributed by atoms with Crippen LogP contribution >= 0.6 is 0 Å². The summed E-state index contributed by atoms with van der Waals surface area (Å²) in [6.07, 6.45) is 1.11. The molecule has 2 unspecified atom stereocenters. The second-order valence-electron chi connectivity index (χ2n) is 3.80. The van der Waals surface area contributed by atoms with Gasteiger partial charge in [0.15, 0.2) is 0 Å². The Hall–Kier alpha value is -1.40. The molecule has 1 fully saturated rings. The van der Waals surface area contributed by atoms with Gasteiger partial charge in [-0.25, -0.2) is 4.79 Å². The number of hydrogen-bond acceptors (Lipinski definition) is 3. The van der Waals surface area contributed by atoms with Crippen molar-refractivity contribution < 1.29 is 19.3 Å². The lowest BCUT2D eigenvalue weighted by molar-refractivity contribution is -0.858. The van der Waals surface area contributed by atoms with Crippen molar-refractivity contribution in [2.24, 2.45) is 0 Å². The van der Waals surface area contributed by atoms with Gasteiger partial charge in [0.2, 0.25) is 0 Å². The molecule has 2 atom stereocenters. The summed E-state index contributed by atoms with van der Waals surface area (Å²) < 4.78 is -0.230. The zero-order valence-electron chi connectivity index (χ0n) is 8.93. The van der Waals surface area contributed by atoms with Gasteiger partial charge >= 0.3 is 6.03 Å². The van der Waals surface area contributed by atoms with E-state index in [1.807, 2.05) is 6.92 Å². The quantitative estimate of drug-likeness (QED) is 0.488. The number of quaternary nitrogens is 1. The van der Waals surface area contributed by atoms with Crippen LogP contribution in [0.25, 0.3) is 0 Å². The van der Waals surface area contributed by atoms with Crippen LogP contribution in [0, 0.1) is 0 Å². The van der Waals surface area contributed by atoms with E-state index in [1.165, 1.54) is 4.90 Å². The minimum absolute atomic E-state index is 0.0994. The van der Waals surface area contributed by atoms with Crippen molar-refractivity contribution in [2.45, 2.75) is 13.0 Å². The molecule has 0 aromatic heterocycles. The summed E-state index contributed by atoms with van der Waals surface area (Å²) in [7, 11) is 1.59. The molecule has 0 spiro atoms. The highest BCUT2D eigenvalue weighted by Gasteiger charge is 2.49. The second-order valence-corrected chi connectivity index (χ2v) is 3.80. The van der Waals surface area contributed by atoms with Gasteiger partial charge in [0.05, 0.1) is 6.04 Å². The first kappa shape index (κ1) is 11.7. The molecular weight excluding hydrogens is 198 g/mol. The molecule has 1 heterocycles. The van der Waals surface area contributed by atoms with Gasteiger partial charge < -0.3 is 5.11 Å². The first-order chi connectivity index (χ1) is 6.94. The van der Waals surface area contributed by atoms with Gasteiger partial charge in [-0.2, -0.15) is 5.43 Å². The van der Waals surface area contributed by atoms with E-state index >= 15 is 0 Å². The monoisotopic (exact) mass is 214 g/mol. The minimum Gasteiger partial charge on any atom is -0.376 e. The number of nitrogens with one attached hydrogen (secondary N) is 1. The molecule has 1 rings (SSSR count). The van der Waals surface area contributed by atoms with E-state index in [1.54, 1.807) is 7.05 Å². The molecule has 15 heavy (non-hydrogen) atoms. The molecule has 0 aromatic rings. The van der Waals surface area contributed by atoms with E-state index in [0.717, 1.165) is 6.08 Å². The molecule has 2 N–H and O–H groups in total. The number of carbonyl (C=O) groups is 2. The van der Waals surface area contributed by atoms with Gasteiger partial charge in [-0.3, -0.25) is 9.69 Å². The van der Waals surface area contributed by atoms with Crippen LogP contribution in [-0.4, -0.2) is 52.9 Å². The number of urea groups is 1. The third kappa shape index (κ3) is 2.00. The van der Waals surface area contributed by atoms with Crippen molar-refractivity contribution in [3.05, 3.63) is 12.7 Å². The van der Waals surface area contributed by atoms with Crippen LogP contribution < -0.4 is 5.43 Å². The summed E-state index contributed by atoms with van der Waals surface area (Å²) in [4.78, 5) is 24.3. The van der Waals surface area contributed by atoms with Crippen LogP contribution in [0.5, 0.6) is 0 Å². The molecule has 0 radical (unpaired) electrons. The number of carbonyl (C=O) groups excluding carboxylic acids is 2. The number of nitrogens with zero attached hydrogens (tertiary/aromatic N) is 2. The molecule has 0 aliphatic carbocycles. The van der Waals surface area contributed by atoms with Crippen LogP contribution in [0.1, 0.15) is 6.92 Å². The fourth-order valence-corrected chi connectivity index (χ4v) is 1.76. The summed E-state index contributed by atoms with van der Waals surface area (Å²) in [5.41, 5.74) is 2.53. The predicted molar refractivity (Wildman–Crippen MR) is 53.2 cm³/mol. The number of aliphatic hydroxyl groups is 1. The second kappa shape index (κ2) is 4.00. The van der Waals surface area contributed by atoms with Crippen LogP contribution in [0.4, 0.5) is 4.79 Å². The molecule has 0 aromatic carbocycles. The molecule has 1 aliphatic heterocycles. The van der Waals surface area contributed by atoms with Gasteiger partial charge in [-0.1, -0.05) is 6.58 Å². The number of amides is 3. The normalized spacial score (nSPS) is 30.5. The Morgan fingerprint density at radius 1 is 1.87 bits per heavy atom. The van der Waals surface area contributed by atoms with E-state index in [2.05, 4.69) is 12.0 Å². The summed E-state index contributed by atoms with van der Waals surface area (Å²) in [5, 5.41) is 8.99. The van der Waals surface area contributed by atoms with E-state index in [-0.39, 0.29) is 23.4 Å². The lowest BCUT2D eigenvalue weighted by Crippen LogP contribution is -2.59. The first-order valence-corrected chi connectivity index (χ1v) is 4.67. The Morgan fingerprint density at radius 2 is 2.47 bits per heavy atom. The number of hydrogen-bond donors (Lipinski definition) is 2. The average Bonchev–Trinajstić information content (AvgIpc) is 2.37. The van der Waals surface area contributed by atoms with Gasteiger partial charge in [0.25, 0.3) is 5.91 Å². The Morgan fingerprint density at radius 3 is 2.87 bits per heavy atom. The summed E-state index contributed by atoms with van der Waals surface area (Å²) >= 11 is 0. The highest BCUT2D eigenvalue weighted by molar-refractivity contribution is 5.87. The molecule has 1 saturated heterocycles. The fraction of sp³-hybridized carbons (Fsp3) is 0.556. The maximum absolute atomic E-state index is 11.8. The van der Waals surface area contributed by atoms with Crippen molar-refractivity contribution in [2.75, 3.05) is 20.3 Å². The molecule has 6 nitrogen and oxygen atoms in total. The van der Waals surface area contributed by atoms with Gasteiger partial charge in [-0.15, -0.1) is 4.59 Å². The van der Waals surface area contributed by atoms with E-state index in [0.29, 0.717) is 6.54 Å². The smallest absolute Gasteiger partial charge is 0.376 e. The Balaban J connectivity index is 2.83.